The molecule has 82 valence electrons. The predicted octanol–water partition coefficient (Wildman–Crippen LogP) is 3.47. The van der Waals surface area contributed by atoms with Crippen molar-refractivity contribution in [3.63, 3.8) is 0 Å². The molecule has 0 aliphatic rings. The molecule has 2 rings (SSSR count). The van der Waals surface area contributed by atoms with Crippen molar-refractivity contribution in [2.24, 2.45) is 0 Å². The standard InChI is InChI=1S/C11H9BrN2OS/c1-7-6-8(16-10(7)12)11(15)14-9-4-2-3-5-13-9/h2-6H,1H3,(H,13,14,15). The van der Waals surface area contributed by atoms with Gasteiger partial charge in [0.25, 0.3) is 5.91 Å². The molecule has 0 fully saturated rings. The van der Waals surface area contributed by atoms with Gasteiger partial charge in [-0.3, -0.25) is 4.79 Å². The zero-order valence-electron chi connectivity index (χ0n) is 8.53. The van der Waals surface area contributed by atoms with Crippen LogP contribution in [0.15, 0.2) is 34.2 Å². The summed E-state index contributed by atoms with van der Waals surface area (Å²) >= 11 is 4.81. The second kappa shape index (κ2) is 4.76. The van der Waals surface area contributed by atoms with Gasteiger partial charge in [0.05, 0.1) is 8.66 Å². The Kier molecular flexibility index (Phi) is 3.36. The third-order valence-corrected chi connectivity index (χ3v) is 4.12. The van der Waals surface area contributed by atoms with E-state index in [1.165, 1.54) is 11.3 Å². The number of hydrogen-bond donors (Lipinski definition) is 1. The Bertz CT molecular complexity index is 490. The first kappa shape index (κ1) is 11.3. The van der Waals surface area contributed by atoms with Crippen molar-refractivity contribution in [2.75, 3.05) is 5.32 Å². The van der Waals surface area contributed by atoms with Crippen LogP contribution in [0.4, 0.5) is 5.82 Å². The van der Waals surface area contributed by atoms with Crippen LogP contribution in [0.5, 0.6) is 0 Å². The van der Waals surface area contributed by atoms with E-state index in [-0.39, 0.29) is 5.91 Å². The van der Waals surface area contributed by atoms with Crippen LogP contribution in [0.2, 0.25) is 0 Å². The number of carbonyl (C=O) groups is 1. The topological polar surface area (TPSA) is 42.0 Å². The third-order valence-electron chi connectivity index (χ3n) is 1.99. The molecule has 1 amide bonds. The third kappa shape index (κ3) is 2.48. The average Bonchev–Trinajstić information content (AvgIpc) is 2.61. The van der Waals surface area contributed by atoms with E-state index in [0.29, 0.717) is 10.7 Å². The van der Waals surface area contributed by atoms with Crippen LogP contribution < -0.4 is 5.32 Å². The van der Waals surface area contributed by atoms with Crippen LogP contribution in [0, 0.1) is 6.92 Å². The number of aromatic nitrogens is 1. The lowest BCUT2D eigenvalue weighted by Crippen LogP contribution is -2.10. The van der Waals surface area contributed by atoms with E-state index in [9.17, 15) is 4.79 Å². The number of rotatable bonds is 2. The Hall–Kier alpha value is -1.20. The molecule has 0 saturated heterocycles. The van der Waals surface area contributed by atoms with Crippen LogP contribution in [0.25, 0.3) is 0 Å². The highest BCUT2D eigenvalue weighted by molar-refractivity contribution is 9.11. The van der Waals surface area contributed by atoms with Gasteiger partial charge in [0.1, 0.15) is 5.82 Å². The number of hydrogen-bond acceptors (Lipinski definition) is 3. The lowest BCUT2D eigenvalue weighted by molar-refractivity contribution is 0.103. The summed E-state index contributed by atoms with van der Waals surface area (Å²) in [4.78, 5) is 16.5. The van der Waals surface area contributed by atoms with Crippen molar-refractivity contribution in [2.45, 2.75) is 6.92 Å². The van der Waals surface area contributed by atoms with E-state index in [0.717, 1.165) is 9.35 Å². The first-order valence-electron chi connectivity index (χ1n) is 4.65. The van der Waals surface area contributed by atoms with Gasteiger partial charge in [-0.25, -0.2) is 4.98 Å². The van der Waals surface area contributed by atoms with E-state index in [2.05, 4.69) is 26.2 Å². The Labute approximate surface area is 106 Å². The Morgan fingerprint density at radius 2 is 2.31 bits per heavy atom. The minimum absolute atomic E-state index is 0.127. The molecule has 16 heavy (non-hydrogen) atoms. The lowest BCUT2D eigenvalue weighted by atomic mass is 10.3. The van der Waals surface area contributed by atoms with Crippen LogP contribution in [0.1, 0.15) is 15.2 Å². The van der Waals surface area contributed by atoms with Gasteiger partial charge in [-0.05, 0) is 46.6 Å². The highest BCUT2D eigenvalue weighted by atomic mass is 79.9. The number of aryl methyl sites for hydroxylation is 1. The summed E-state index contributed by atoms with van der Waals surface area (Å²) in [5.41, 5.74) is 1.07. The molecule has 0 aliphatic carbocycles. The average molecular weight is 297 g/mol. The van der Waals surface area contributed by atoms with E-state index in [1.54, 1.807) is 12.3 Å². The molecule has 2 aromatic heterocycles. The van der Waals surface area contributed by atoms with Gasteiger partial charge in [-0.1, -0.05) is 6.07 Å². The fourth-order valence-electron chi connectivity index (χ4n) is 1.19. The molecular formula is C11H9BrN2OS. The van der Waals surface area contributed by atoms with Crippen LogP contribution in [0.3, 0.4) is 0 Å². The van der Waals surface area contributed by atoms with Crippen LogP contribution in [-0.4, -0.2) is 10.9 Å². The molecule has 0 atom stereocenters. The largest absolute Gasteiger partial charge is 0.306 e. The van der Waals surface area contributed by atoms with E-state index in [1.807, 2.05) is 25.1 Å². The molecule has 0 aromatic carbocycles. The smallest absolute Gasteiger partial charge is 0.266 e. The zero-order chi connectivity index (χ0) is 11.5. The van der Waals surface area contributed by atoms with Crippen molar-refractivity contribution in [1.29, 1.82) is 0 Å². The number of nitrogens with zero attached hydrogens (tertiary/aromatic N) is 1. The molecule has 3 nitrogen and oxygen atoms in total. The number of anilines is 1. The summed E-state index contributed by atoms with van der Waals surface area (Å²) in [6.07, 6.45) is 1.64. The van der Waals surface area contributed by atoms with Crippen molar-refractivity contribution < 1.29 is 4.79 Å². The molecule has 5 heteroatoms. The van der Waals surface area contributed by atoms with Gasteiger partial charge < -0.3 is 5.32 Å². The lowest BCUT2D eigenvalue weighted by Gasteiger charge is -2.00. The predicted molar refractivity (Wildman–Crippen MR) is 68.9 cm³/mol. The number of halogens is 1. The second-order valence-electron chi connectivity index (χ2n) is 3.24. The highest BCUT2D eigenvalue weighted by Crippen LogP contribution is 2.27. The van der Waals surface area contributed by atoms with Crippen molar-refractivity contribution in [3.05, 3.63) is 44.7 Å². The fraction of sp³-hybridized carbons (Fsp3) is 0.0909. The molecule has 0 spiro atoms. The van der Waals surface area contributed by atoms with Crippen LogP contribution in [-0.2, 0) is 0 Å². The summed E-state index contributed by atoms with van der Waals surface area (Å²) in [5.74, 6) is 0.437. The maximum absolute atomic E-state index is 11.8. The van der Waals surface area contributed by atoms with Gasteiger partial charge in [0.2, 0.25) is 0 Å². The summed E-state index contributed by atoms with van der Waals surface area (Å²) in [5, 5.41) is 2.74. The first-order valence-corrected chi connectivity index (χ1v) is 6.26. The molecule has 0 aliphatic heterocycles. The molecule has 2 heterocycles. The van der Waals surface area contributed by atoms with Gasteiger partial charge in [0, 0.05) is 6.20 Å². The summed E-state index contributed by atoms with van der Waals surface area (Å²) < 4.78 is 0.985. The normalized spacial score (nSPS) is 10.1. The molecule has 1 N–H and O–H groups in total. The van der Waals surface area contributed by atoms with Crippen molar-refractivity contribution >= 4 is 39.0 Å². The molecule has 0 saturated carbocycles. The molecule has 0 radical (unpaired) electrons. The Morgan fingerprint density at radius 3 is 2.88 bits per heavy atom. The minimum Gasteiger partial charge on any atom is -0.306 e. The quantitative estimate of drug-likeness (QED) is 0.922. The summed E-state index contributed by atoms with van der Waals surface area (Å²) in [6, 6.07) is 7.25. The summed E-state index contributed by atoms with van der Waals surface area (Å²) in [6.45, 7) is 1.96. The maximum Gasteiger partial charge on any atom is 0.266 e. The first-order chi connectivity index (χ1) is 7.66. The number of thiophene rings is 1. The van der Waals surface area contributed by atoms with Gasteiger partial charge in [-0.15, -0.1) is 11.3 Å². The fourth-order valence-corrected chi connectivity index (χ4v) is 2.62. The number of carbonyl (C=O) groups excluding carboxylic acids is 1. The van der Waals surface area contributed by atoms with E-state index in [4.69, 9.17) is 0 Å². The van der Waals surface area contributed by atoms with E-state index >= 15 is 0 Å². The summed E-state index contributed by atoms with van der Waals surface area (Å²) in [7, 11) is 0. The molecule has 0 bridgehead atoms. The second-order valence-corrected chi connectivity index (χ2v) is 5.61. The minimum atomic E-state index is -0.127. The van der Waals surface area contributed by atoms with E-state index < -0.39 is 0 Å². The van der Waals surface area contributed by atoms with Crippen LogP contribution >= 0.6 is 27.3 Å². The van der Waals surface area contributed by atoms with Crippen molar-refractivity contribution in [3.8, 4) is 0 Å². The SMILES string of the molecule is Cc1cc(C(=O)Nc2ccccn2)sc1Br. The maximum atomic E-state index is 11.8. The zero-order valence-corrected chi connectivity index (χ0v) is 10.9. The number of nitrogens with one attached hydrogen (secondary N) is 1. The Balaban J connectivity index is 2.15. The molecule has 2 aromatic rings. The molecule has 0 unspecified atom stereocenters. The number of pyridine rings is 1. The van der Waals surface area contributed by atoms with Crippen molar-refractivity contribution in [1.82, 2.24) is 4.98 Å². The monoisotopic (exact) mass is 296 g/mol. The Morgan fingerprint density at radius 1 is 1.50 bits per heavy atom. The van der Waals surface area contributed by atoms with Gasteiger partial charge in [0.15, 0.2) is 0 Å². The molecular weight excluding hydrogens is 288 g/mol. The van der Waals surface area contributed by atoms with Gasteiger partial charge >= 0.3 is 0 Å². The highest BCUT2D eigenvalue weighted by Gasteiger charge is 2.11. The van der Waals surface area contributed by atoms with Gasteiger partial charge in [-0.2, -0.15) is 0 Å². The number of amides is 1.